The van der Waals surface area contributed by atoms with Gasteiger partial charge in [0.25, 0.3) is 0 Å². The second kappa shape index (κ2) is 16.2. The Kier molecular flexibility index (Phi) is 15.8. The molecule has 0 spiro atoms. The third-order valence-electron chi connectivity index (χ3n) is 4.28. The number of hydrogen-bond donors (Lipinski definition) is 2. The average molecular weight is 408 g/mol. The van der Waals surface area contributed by atoms with Crippen molar-refractivity contribution in [1.82, 2.24) is 0 Å². The third-order valence-corrected chi connectivity index (χ3v) is 4.76. The Morgan fingerprint density at radius 1 is 0.889 bits per heavy atom. The molecule has 0 heterocycles. The number of hydrogen-bond acceptors (Lipinski definition) is 5. The van der Waals surface area contributed by atoms with Gasteiger partial charge < -0.3 is 19.3 Å². The van der Waals surface area contributed by atoms with E-state index in [2.05, 4.69) is 11.4 Å². The molecule has 0 aliphatic heterocycles. The van der Waals surface area contributed by atoms with Gasteiger partial charge in [0.2, 0.25) is 0 Å². The topological polar surface area (TPSA) is 110 Å². The maximum atomic E-state index is 11.9. The summed E-state index contributed by atoms with van der Waals surface area (Å²) >= 11 is 0. The zero-order chi connectivity index (χ0) is 20.5. The summed E-state index contributed by atoms with van der Waals surface area (Å²) in [6.07, 6.45) is 11.5. The van der Waals surface area contributed by atoms with E-state index in [1.807, 2.05) is 0 Å². The lowest BCUT2D eigenvalue weighted by molar-refractivity contribution is -0.151. The molecule has 160 valence electrons. The number of Topliss-reactive ketones (excluding diaryl/α,β-unsaturated/α-hetero) is 1. The highest BCUT2D eigenvalue weighted by atomic mass is 31.2. The quantitative estimate of drug-likeness (QED) is 0.192. The van der Waals surface area contributed by atoms with Crippen LogP contribution in [0.5, 0.6) is 0 Å². The summed E-state index contributed by atoms with van der Waals surface area (Å²) in [6.45, 7) is 3.20. The van der Waals surface area contributed by atoms with Crippen LogP contribution in [0.4, 0.5) is 0 Å². The molecule has 0 aromatic heterocycles. The van der Waals surface area contributed by atoms with Crippen LogP contribution in [0.25, 0.3) is 0 Å². The molecule has 0 fully saturated rings. The number of phosphoric acid groups is 1. The number of phosphoric ester groups is 1. The zero-order valence-corrected chi connectivity index (χ0v) is 17.8. The van der Waals surface area contributed by atoms with Gasteiger partial charge >= 0.3 is 13.8 Å². The highest BCUT2D eigenvalue weighted by Crippen LogP contribution is 2.36. The Morgan fingerprint density at radius 3 is 1.89 bits per heavy atom. The van der Waals surface area contributed by atoms with E-state index >= 15 is 0 Å². The molecule has 0 saturated heterocycles. The van der Waals surface area contributed by atoms with Crippen molar-refractivity contribution in [2.45, 2.75) is 103 Å². The van der Waals surface area contributed by atoms with Gasteiger partial charge in [-0.2, -0.15) is 0 Å². The molecule has 7 nitrogen and oxygen atoms in total. The molecule has 1 atom stereocenters. The van der Waals surface area contributed by atoms with Gasteiger partial charge in [-0.15, -0.1) is 0 Å². The van der Waals surface area contributed by atoms with Gasteiger partial charge in [0.15, 0.2) is 0 Å². The van der Waals surface area contributed by atoms with Crippen LogP contribution >= 0.6 is 7.82 Å². The summed E-state index contributed by atoms with van der Waals surface area (Å²) in [5, 5.41) is 0. The molecule has 0 aromatic carbocycles. The molecular formula is C19H37O7P. The zero-order valence-electron chi connectivity index (χ0n) is 16.9. The predicted octanol–water partition coefficient (Wildman–Crippen LogP) is 4.69. The maximum Gasteiger partial charge on any atom is 0.469 e. The van der Waals surface area contributed by atoms with E-state index in [0.717, 1.165) is 19.3 Å². The normalized spacial score (nSPS) is 12.7. The highest BCUT2D eigenvalue weighted by Gasteiger charge is 2.21. The van der Waals surface area contributed by atoms with Gasteiger partial charge in [0, 0.05) is 12.8 Å². The highest BCUT2D eigenvalue weighted by molar-refractivity contribution is 7.46. The van der Waals surface area contributed by atoms with Crippen molar-refractivity contribution < 1.29 is 33.2 Å². The van der Waals surface area contributed by atoms with Gasteiger partial charge in [-0.3, -0.25) is 9.32 Å². The number of esters is 1. The summed E-state index contributed by atoms with van der Waals surface area (Å²) in [5.41, 5.74) is 0. The van der Waals surface area contributed by atoms with Crippen molar-refractivity contribution in [2.24, 2.45) is 0 Å². The fourth-order valence-electron chi connectivity index (χ4n) is 2.72. The van der Waals surface area contributed by atoms with Crippen molar-refractivity contribution in [3.8, 4) is 0 Å². The van der Waals surface area contributed by atoms with E-state index in [9.17, 15) is 14.2 Å². The summed E-state index contributed by atoms with van der Waals surface area (Å²) in [4.78, 5) is 40.5. The Bertz CT molecular complexity index is 447. The summed E-state index contributed by atoms with van der Waals surface area (Å²) in [6, 6.07) is 0. The first-order valence-corrected chi connectivity index (χ1v) is 11.7. The molecule has 27 heavy (non-hydrogen) atoms. The second-order valence-corrected chi connectivity index (χ2v) is 8.31. The number of ether oxygens (including phenoxy) is 1. The molecule has 0 amide bonds. The van der Waals surface area contributed by atoms with Gasteiger partial charge in [-0.25, -0.2) is 4.57 Å². The van der Waals surface area contributed by atoms with Crippen LogP contribution < -0.4 is 0 Å². The molecule has 0 radical (unpaired) electrons. The smallest absolute Gasteiger partial charge is 0.460 e. The first kappa shape index (κ1) is 26.2. The van der Waals surface area contributed by atoms with E-state index in [4.69, 9.17) is 14.5 Å². The number of unbranched alkanes of at least 4 members (excludes halogenated alkanes) is 9. The minimum Gasteiger partial charge on any atom is -0.460 e. The number of carbonyl (C=O) groups is 2. The number of ketones is 1. The maximum absolute atomic E-state index is 11.9. The Hall–Kier alpha value is -0.750. The number of rotatable bonds is 18. The molecule has 0 aromatic rings. The number of carbonyl (C=O) groups excluding carboxylic acids is 2. The van der Waals surface area contributed by atoms with E-state index in [-0.39, 0.29) is 25.0 Å². The predicted molar refractivity (Wildman–Crippen MR) is 104 cm³/mol. The summed E-state index contributed by atoms with van der Waals surface area (Å²) in [5.74, 6) is -0.501. The SMILES string of the molecule is CCCCCCCCCCCCC(=O)O[C@H](CCC(C)=O)COP(=O)(O)O. The van der Waals surface area contributed by atoms with Crippen LogP contribution in [0.15, 0.2) is 0 Å². The molecule has 0 aliphatic carbocycles. The average Bonchev–Trinajstić information content (AvgIpc) is 2.58. The standard InChI is InChI=1S/C19H37O7P/c1-3-4-5-6-7-8-9-10-11-12-13-19(21)26-18(15-14-17(2)20)16-25-27(22,23)24/h18H,3-16H2,1-2H3,(H2,22,23,24)/t18-/m1/s1. The molecule has 0 bridgehead atoms. The van der Waals surface area contributed by atoms with Crippen molar-refractivity contribution in [3.63, 3.8) is 0 Å². The van der Waals surface area contributed by atoms with Gasteiger partial charge in [-0.1, -0.05) is 64.7 Å². The van der Waals surface area contributed by atoms with E-state index in [1.165, 1.54) is 51.9 Å². The first-order chi connectivity index (χ1) is 12.7. The fourth-order valence-corrected chi connectivity index (χ4v) is 3.08. The Balaban J connectivity index is 3.88. The van der Waals surface area contributed by atoms with Crippen LogP contribution in [-0.2, 0) is 23.4 Å². The summed E-state index contributed by atoms with van der Waals surface area (Å²) < 4.78 is 20.4. The minimum absolute atomic E-state index is 0.0816. The molecular weight excluding hydrogens is 371 g/mol. The largest absolute Gasteiger partial charge is 0.469 e. The Labute approximate surface area is 163 Å². The van der Waals surface area contributed by atoms with E-state index < -0.39 is 26.5 Å². The second-order valence-electron chi connectivity index (χ2n) is 7.07. The van der Waals surface area contributed by atoms with Crippen molar-refractivity contribution >= 4 is 19.6 Å². The lowest BCUT2D eigenvalue weighted by Gasteiger charge is -2.18. The Morgan fingerprint density at radius 2 is 1.41 bits per heavy atom. The van der Waals surface area contributed by atoms with Gasteiger partial charge in [-0.05, 0) is 19.8 Å². The third kappa shape index (κ3) is 19.8. The lowest BCUT2D eigenvalue weighted by Crippen LogP contribution is -2.24. The molecule has 0 aliphatic rings. The van der Waals surface area contributed by atoms with Crippen LogP contribution in [0.2, 0.25) is 0 Å². The van der Waals surface area contributed by atoms with E-state index in [1.54, 1.807) is 0 Å². The minimum atomic E-state index is -4.63. The fraction of sp³-hybridized carbons (Fsp3) is 0.895. The van der Waals surface area contributed by atoms with Crippen LogP contribution in [0.3, 0.4) is 0 Å². The molecule has 8 heteroatoms. The van der Waals surface area contributed by atoms with Gasteiger partial charge in [0.05, 0.1) is 6.61 Å². The summed E-state index contributed by atoms with van der Waals surface area (Å²) in [7, 11) is -4.63. The van der Waals surface area contributed by atoms with Crippen LogP contribution in [0.1, 0.15) is 97.3 Å². The van der Waals surface area contributed by atoms with Crippen molar-refractivity contribution in [3.05, 3.63) is 0 Å². The first-order valence-electron chi connectivity index (χ1n) is 10.1. The van der Waals surface area contributed by atoms with E-state index in [0.29, 0.717) is 0 Å². The molecule has 2 N–H and O–H groups in total. The lowest BCUT2D eigenvalue weighted by atomic mass is 10.1. The molecule has 0 saturated carbocycles. The van der Waals surface area contributed by atoms with Crippen molar-refractivity contribution in [1.29, 1.82) is 0 Å². The van der Waals surface area contributed by atoms with Crippen LogP contribution in [-0.4, -0.2) is 34.3 Å². The monoisotopic (exact) mass is 408 g/mol. The van der Waals surface area contributed by atoms with Crippen molar-refractivity contribution in [2.75, 3.05) is 6.61 Å². The molecule has 0 unspecified atom stereocenters. The van der Waals surface area contributed by atoms with Crippen LogP contribution in [0, 0.1) is 0 Å². The molecule has 0 rings (SSSR count). The van der Waals surface area contributed by atoms with Gasteiger partial charge in [0.1, 0.15) is 11.9 Å².